The van der Waals surface area contributed by atoms with Gasteiger partial charge in [-0.05, 0) is 18.4 Å². The number of benzene rings is 1. The molecule has 1 N–H and O–H groups in total. The van der Waals surface area contributed by atoms with Crippen LogP contribution in [0.15, 0.2) is 24.3 Å². The highest BCUT2D eigenvalue weighted by Crippen LogP contribution is 2.52. The van der Waals surface area contributed by atoms with Crippen LogP contribution in [0.2, 0.25) is 0 Å². The maximum Gasteiger partial charge on any atom is 0.312 e. The molecule has 1 aromatic carbocycles. The normalized spacial score (nSPS) is 38.4. The maximum absolute atomic E-state index is 12.0. The third-order valence-electron chi connectivity index (χ3n) is 5.56. The highest BCUT2D eigenvalue weighted by molar-refractivity contribution is 5.77. The summed E-state index contributed by atoms with van der Waals surface area (Å²) in [6.07, 6.45) is -2.45. The fraction of sp³-hybridized carbons (Fsp3) is 0.650. The van der Waals surface area contributed by atoms with Gasteiger partial charge in [-0.2, -0.15) is 0 Å². The van der Waals surface area contributed by atoms with Crippen LogP contribution in [0.1, 0.15) is 44.1 Å². The zero-order valence-electron chi connectivity index (χ0n) is 15.3. The highest BCUT2D eigenvalue weighted by Gasteiger charge is 2.67. The van der Waals surface area contributed by atoms with Gasteiger partial charge in [0.2, 0.25) is 0 Å². The van der Waals surface area contributed by atoms with Crippen molar-refractivity contribution in [3.63, 3.8) is 0 Å². The van der Waals surface area contributed by atoms with Gasteiger partial charge in [0.05, 0.1) is 31.3 Å². The molecule has 0 aromatic heterocycles. The van der Waals surface area contributed by atoms with Gasteiger partial charge in [0.15, 0.2) is 6.29 Å². The predicted octanol–water partition coefficient (Wildman–Crippen LogP) is 2.16. The Balaban J connectivity index is 1.44. The fourth-order valence-corrected chi connectivity index (χ4v) is 4.01. The number of aliphatic hydroxyl groups excluding tert-OH is 1. The molecular weight excluding hydrogens is 336 g/mol. The van der Waals surface area contributed by atoms with Gasteiger partial charge in [0, 0.05) is 11.5 Å². The molecule has 2 saturated heterocycles. The van der Waals surface area contributed by atoms with Crippen LogP contribution < -0.4 is 0 Å². The van der Waals surface area contributed by atoms with Crippen molar-refractivity contribution in [1.82, 2.24) is 0 Å². The molecule has 0 bridgehead atoms. The van der Waals surface area contributed by atoms with Crippen LogP contribution in [0.25, 0.3) is 0 Å². The topological polar surface area (TPSA) is 74.2 Å². The molecule has 6 nitrogen and oxygen atoms in total. The number of aliphatic hydroxyl groups is 1. The lowest BCUT2D eigenvalue weighted by atomic mass is 9.98. The Kier molecular flexibility index (Phi) is 4.77. The van der Waals surface area contributed by atoms with E-state index >= 15 is 0 Å². The van der Waals surface area contributed by atoms with Gasteiger partial charge in [-0.25, -0.2) is 0 Å². The summed E-state index contributed by atoms with van der Waals surface area (Å²) in [5, 5.41) is 10.7. The molecular formula is C20H26O6. The minimum atomic E-state index is -0.755. The Morgan fingerprint density at radius 2 is 1.96 bits per heavy atom. The van der Waals surface area contributed by atoms with E-state index < -0.39 is 24.4 Å². The van der Waals surface area contributed by atoms with E-state index in [9.17, 15) is 9.90 Å². The lowest BCUT2D eigenvalue weighted by Gasteiger charge is -2.41. The van der Waals surface area contributed by atoms with Gasteiger partial charge >= 0.3 is 5.97 Å². The Hall–Kier alpha value is -1.47. The number of rotatable bonds is 4. The highest BCUT2D eigenvalue weighted by atomic mass is 16.7. The number of fused-ring (bicyclic) bond motifs is 2. The second kappa shape index (κ2) is 6.93. The third kappa shape index (κ3) is 3.05. The van der Waals surface area contributed by atoms with E-state index in [-0.39, 0.29) is 24.1 Å². The first-order chi connectivity index (χ1) is 12.5. The summed E-state index contributed by atoms with van der Waals surface area (Å²) in [6.45, 7) is 6.72. The molecule has 26 heavy (non-hydrogen) atoms. The summed E-state index contributed by atoms with van der Waals surface area (Å²) in [4.78, 5) is 12.0. The molecule has 1 aromatic rings. The molecule has 4 rings (SSSR count). The average Bonchev–Trinajstić information content (AvgIpc) is 3.36. The van der Waals surface area contributed by atoms with E-state index in [0.29, 0.717) is 19.1 Å². The molecule has 2 aliphatic heterocycles. The molecule has 3 unspecified atom stereocenters. The average molecular weight is 362 g/mol. The smallest absolute Gasteiger partial charge is 0.312 e. The van der Waals surface area contributed by atoms with Gasteiger partial charge in [0.1, 0.15) is 12.2 Å². The van der Waals surface area contributed by atoms with Crippen LogP contribution in [0.4, 0.5) is 0 Å². The number of esters is 1. The maximum atomic E-state index is 12.0. The Morgan fingerprint density at radius 3 is 2.62 bits per heavy atom. The summed E-state index contributed by atoms with van der Waals surface area (Å²) in [7, 11) is 0. The Labute approximate surface area is 153 Å². The lowest BCUT2D eigenvalue weighted by Crippen LogP contribution is -2.53. The van der Waals surface area contributed by atoms with Crippen LogP contribution in [-0.4, -0.2) is 48.7 Å². The summed E-state index contributed by atoms with van der Waals surface area (Å²) in [5.74, 6) is -0.496. The van der Waals surface area contributed by atoms with E-state index in [1.807, 2.05) is 12.1 Å². The van der Waals surface area contributed by atoms with E-state index in [2.05, 4.69) is 26.0 Å². The monoisotopic (exact) mass is 362 g/mol. The molecule has 142 valence electrons. The summed E-state index contributed by atoms with van der Waals surface area (Å²) < 4.78 is 22.9. The fourth-order valence-electron chi connectivity index (χ4n) is 4.01. The summed E-state index contributed by atoms with van der Waals surface area (Å²) >= 11 is 0. The molecule has 6 heteroatoms. The Bertz CT molecular complexity index is 657. The van der Waals surface area contributed by atoms with Crippen molar-refractivity contribution >= 4 is 5.97 Å². The van der Waals surface area contributed by atoms with Gasteiger partial charge in [0.25, 0.3) is 0 Å². The lowest BCUT2D eigenvalue weighted by molar-refractivity contribution is -0.300. The third-order valence-corrected chi connectivity index (χ3v) is 5.56. The molecule has 0 spiro atoms. The molecule has 3 fully saturated rings. The van der Waals surface area contributed by atoms with Gasteiger partial charge in [-0.15, -0.1) is 0 Å². The van der Waals surface area contributed by atoms with Crippen molar-refractivity contribution in [2.24, 2.45) is 11.8 Å². The summed E-state index contributed by atoms with van der Waals surface area (Å²) in [6, 6.07) is 8.14. The number of hydrogen-bond donors (Lipinski definition) is 1. The molecule has 2 heterocycles. The van der Waals surface area contributed by atoms with E-state index in [0.717, 1.165) is 5.56 Å². The van der Waals surface area contributed by atoms with Gasteiger partial charge < -0.3 is 24.1 Å². The minimum absolute atomic E-state index is 0.252. The van der Waals surface area contributed by atoms with Crippen molar-refractivity contribution in [3.8, 4) is 0 Å². The largest absolute Gasteiger partial charge is 0.466 e. The van der Waals surface area contributed by atoms with E-state index in [1.54, 1.807) is 6.92 Å². The number of ether oxygens (including phenoxy) is 4. The Morgan fingerprint density at radius 1 is 1.23 bits per heavy atom. The number of hydrogen-bond acceptors (Lipinski definition) is 6. The zero-order chi connectivity index (χ0) is 18.4. The molecule has 1 aliphatic carbocycles. The molecule has 1 saturated carbocycles. The van der Waals surface area contributed by atoms with Crippen molar-refractivity contribution in [2.75, 3.05) is 13.2 Å². The second-order valence-electron chi connectivity index (χ2n) is 7.57. The minimum Gasteiger partial charge on any atom is -0.466 e. The van der Waals surface area contributed by atoms with Crippen LogP contribution in [0.3, 0.4) is 0 Å². The molecule has 0 radical (unpaired) electrons. The predicted molar refractivity (Wildman–Crippen MR) is 92.4 cm³/mol. The number of carbonyl (C=O) groups is 1. The van der Waals surface area contributed by atoms with E-state index in [4.69, 9.17) is 18.9 Å². The molecule has 7 atom stereocenters. The van der Waals surface area contributed by atoms with Gasteiger partial charge in [-0.1, -0.05) is 38.1 Å². The SMILES string of the molecule is CCOC(=O)C1C2O[C@@H]3COC(c4ccc(C(C)C)cc4)O[C@H]3[C@H](O)[C@H]21. The van der Waals surface area contributed by atoms with Gasteiger partial charge in [-0.3, -0.25) is 4.79 Å². The van der Waals surface area contributed by atoms with Crippen LogP contribution >= 0.6 is 0 Å². The van der Waals surface area contributed by atoms with E-state index in [1.165, 1.54) is 5.56 Å². The molecule has 0 amide bonds. The first kappa shape index (κ1) is 17.9. The number of carbonyl (C=O) groups excluding carboxylic acids is 1. The van der Waals surface area contributed by atoms with Crippen LogP contribution in [0.5, 0.6) is 0 Å². The van der Waals surface area contributed by atoms with Crippen molar-refractivity contribution in [2.45, 2.75) is 57.4 Å². The summed E-state index contributed by atoms with van der Waals surface area (Å²) in [5.41, 5.74) is 2.17. The van der Waals surface area contributed by atoms with Crippen molar-refractivity contribution in [3.05, 3.63) is 35.4 Å². The first-order valence-corrected chi connectivity index (χ1v) is 9.38. The zero-order valence-corrected chi connectivity index (χ0v) is 15.3. The van der Waals surface area contributed by atoms with Crippen LogP contribution in [-0.2, 0) is 23.7 Å². The van der Waals surface area contributed by atoms with Crippen molar-refractivity contribution < 1.29 is 28.8 Å². The standard InChI is InChI=1S/C20H26O6/c1-4-23-19(22)15-14-16(21)17-13(25-18(14)15)9-24-20(26-17)12-7-5-11(6-8-12)10(2)3/h5-8,10,13-18,20-21H,4,9H2,1-3H3/t13-,14-,15?,16-,17-,18?,20?/m1/s1. The first-order valence-electron chi connectivity index (χ1n) is 9.38. The second-order valence-corrected chi connectivity index (χ2v) is 7.57. The van der Waals surface area contributed by atoms with Crippen molar-refractivity contribution in [1.29, 1.82) is 0 Å². The quantitative estimate of drug-likeness (QED) is 0.828. The van der Waals surface area contributed by atoms with Crippen LogP contribution in [0, 0.1) is 11.8 Å². The molecule has 3 aliphatic rings.